The molecule has 2 N–H and O–H groups in total. The third-order valence-corrected chi connectivity index (χ3v) is 4.77. The number of Topliss-reactive ketones (excluding diaryl/α,β-unsaturated/α-hetero) is 1. The van der Waals surface area contributed by atoms with Crippen molar-refractivity contribution < 1.29 is 24.5 Å². The molecule has 0 spiro atoms. The van der Waals surface area contributed by atoms with Crippen LogP contribution in [0.5, 0.6) is 11.5 Å². The lowest BCUT2D eigenvalue weighted by atomic mass is 10.0. The first-order valence-corrected chi connectivity index (χ1v) is 9.37. The molecule has 0 aromatic heterocycles. The van der Waals surface area contributed by atoms with Gasteiger partial charge in [-0.2, -0.15) is 0 Å². The number of phenols is 1. The minimum Gasteiger partial charge on any atom is -0.507 e. The second-order valence-corrected chi connectivity index (χ2v) is 6.94. The van der Waals surface area contributed by atoms with E-state index in [1.165, 1.54) is 18.7 Å². The molecular weight excluding hydrogens is 352 g/mol. The summed E-state index contributed by atoms with van der Waals surface area (Å²) in [6.07, 6.45) is 1.44. The number of hydrogen-bond donors (Lipinski definition) is 2. The van der Waals surface area contributed by atoms with E-state index in [4.69, 9.17) is 9.84 Å². The van der Waals surface area contributed by atoms with Crippen LogP contribution in [-0.4, -0.2) is 34.3 Å². The highest BCUT2D eigenvalue weighted by Crippen LogP contribution is 2.33. The third-order valence-electron chi connectivity index (χ3n) is 3.81. The van der Waals surface area contributed by atoms with Gasteiger partial charge < -0.3 is 14.9 Å². The number of rotatable bonds is 9. The Morgan fingerprint density at radius 1 is 1.19 bits per heavy atom. The van der Waals surface area contributed by atoms with Gasteiger partial charge in [-0.05, 0) is 43.7 Å². The Bertz CT molecular complexity index is 801. The molecule has 0 fully saturated rings. The summed E-state index contributed by atoms with van der Waals surface area (Å²) in [6, 6.07) is 10.0. The summed E-state index contributed by atoms with van der Waals surface area (Å²) in [6.45, 7) is 3.82. The zero-order valence-electron chi connectivity index (χ0n) is 14.8. The number of hydrogen-bond acceptors (Lipinski definition) is 5. The standard InChI is InChI=1S/C20H22O5S/c1-3-5-17-18(9-8-16(13(2)21)19(17)22)25-10-11-26-15-7-4-6-14(12-15)20(23)24/h4,6-9,12,22H,3,5,10-11H2,1-2H3,(H,23,24). The normalized spacial score (nSPS) is 10.5. The van der Waals surface area contributed by atoms with Crippen molar-refractivity contribution >= 4 is 23.5 Å². The van der Waals surface area contributed by atoms with Crippen molar-refractivity contribution in [2.45, 2.75) is 31.6 Å². The smallest absolute Gasteiger partial charge is 0.335 e. The van der Waals surface area contributed by atoms with Gasteiger partial charge in [0.25, 0.3) is 0 Å². The minimum atomic E-state index is -0.950. The van der Waals surface area contributed by atoms with Gasteiger partial charge >= 0.3 is 5.97 Å². The molecule has 5 nitrogen and oxygen atoms in total. The summed E-state index contributed by atoms with van der Waals surface area (Å²) in [5, 5.41) is 19.3. The first-order chi connectivity index (χ1) is 12.4. The SMILES string of the molecule is CCCc1c(OCCSc2cccc(C(=O)O)c2)ccc(C(C)=O)c1O. The molecule has 138 valence electrons. The molecule has 0 aliphatic carbocycles. The molecular formula is C20H22O5S. The summed E-state index contributed by atoms with van der Waals surface area (Å²) >= 11 is 1.50. The van der Waals surface area contributed by atoms with Gasteiger partial charge in [-0.25, -0.2) is 4.79 Å². The Hall–Kier alpha value is -2.47. The van der Waals surface area contributed by atoms with Crippen LogP contribution >= 0.6 is 11.8 Å². The number of thioether (sulfide) groups is 1. The quantitative estimate of drug-likeness (QED) is 0.384. The van der Waals surface area contributed by atoms with E-state index in [2.05, 4.69) is 0 Å². The van der Waals surface area contributed by atoms with E-state index < -0.39 is 5.97 Å². The first-order valence-electron chi connectivity index (χ1n) is 8.38. The van der Waals surface area contributed by atoms with Gasteiger partial charge in [0.05, 0.1) is 17.7 Å². The second kappa shape index (κ2) is 9.29. The molecule has 0 atom stereocenters. The van der Waals surface area contributed by atoms with E-state index in [-0.39, 0.29) is 17.1 Å². The molecule has 0 unspecified atom stereocenters. The summed E-state index contributed by atoms with van der Waals surface area (Å²) in [4.78, 5) is 23.4. The third kappa shape index (κ3) is 5.02. The predicted molar refractivity (Wildman–Crippen MR) is 102 cm³/mol. The van der Waals surface area contributed by atoms with Crippen LogP contribution in [0.4, 0.5) is 0 Å². The van der Waals surface area contributed by atoms with Gasteiger partial charge in [0.15, 0.2) is 5.78 Å². The van der Waals surface area contributed by atoms with E-state index in [1.54, 1.807) is 30.3 Å². The van der Waals surface area contributed by atoms with Crippen LogP contribution in [0.2, 0.25) is 0 Å². The Balaban J connectivity index is 2.01. The maximum atomic E-state index is 11.6. The van der Waals surface area contributed by atoms with Crippen molar-refractivity contribution in [1.82, 2.24) is 0 Å². The van der Waals surface area contributed by atoms with Gasteiger partial charge in [0.1, 0.15) is 11.5 Å². The molecule has 2 aromatic rings. The number of ether oxygens (including phenoxy) is 1. The van der Waals surface area contributed by atoms with Gasteiger partial charge in [0, 0.05) is 16.2 Å². The highest BCUT2D eigenvalue weighted by Gasteiger charge is 2.15. The summed E-state index contributed by atoms with van der Waals surface area (Å²) in [7, 11) is 0. The molecule has 0 amide bonds. The molecule has 2 rings (SSSR count). The Morgan fingerprint density at radius 3 is 2.62 bits per heavy atom. The summed E-state index contributed by atoms with van der Waals surface area (Å²) in [5.74, 6) is 0.0752. The van der Waals surface area contributed by atoms with Crippen molar-refractivity contribution in [3.8, 4) is 11.5 Å². The van der Waals surface area contributed by atoms with Gasteiger partial charge in [0.2, 0.25) is 0 Å². The molecule has 6 heteroatoms. The van der Waals surface area contributed by atoms with E-state index in [0.717, 1.165) is 11.3 Å². The van der Waals surface area contributed by atoms with E-state index >= 15 is 0 Å². The number of carbonyl (C=O) groups excluding carboxylic acids is 1. The zero-order chi connectivity index (χ0) is 19.1. The average Bonchev–Trinajstić information content (AvgIpc) is 2.61. The van der Waals surface area contributed by atoms with Crippen LogP contribution in [0.25, 0.3) is 0 Å². The van der Waals surface area contributed by atoms with Crippen LogP contribution in [-0.2, 0) is 6.42 Å². The molecule has 0 saturated carbocycles. The fourth-order valence-corrected chi connectivity index (χ4v) is 3.35. The lowest BCUT2D eigenvalue weighted by Gasteiger charge is -2.14. The minimum absolute atomic E-state index is 0.00124. The number of ketones is 1. The largest absolute Gasteiger partial charge is 0.507 e. The monoisotopic (exact) mass is 374 g/mol. The Kier molecular flexibility index (Phi) is 7.09. The fourth-order valence-electron chi connectivity index (χ4n) is 2.56. The number of phenolic OH excluding ortho intramolecular Hbond substituents is 1. The van der Waals surface area contributed by atoms with E-state index in [9.17, 15) is 14.7 Å². The van der Waals surface area contributed by atoms with Gasteiger partial charge in [-0.3, -0.25) is 4.79 Å². The molecule has 0 saturated heterocycles. The zero-order valence-corrected chi connectivity index (χ0v) is 15.6. The highest BCUT2D eigenvalue weighted by atomic mass is 32.2. The summed E-state index contributed by atoms with van der Waals surface area (Å²) in [5.41, 5.74) is 1.21. The number of aromatic hydroxyl groups is 1. The number of carbonyl (C=O) groups is 2. The number of carboxylic acid groups (broad SMARTS) is 1. The van der Waals surface area contributed by atoms with E-state index in [1.807, 2.05) is 13.0 Å². The van der Waals surface area contributed by atoms with Crippen molar-refractivity contribution in [1.29, 1.82) is 0 Å². The lowest BCUT2D eigenvalue weighted by Crippen LogP contribution is -2.05. The van der Waals surface area contributed by atoms with Crippen molar-refractivity contribution in [2.75, 3.05) is 12.4 Å². The molecule has 2 aromatic carbocycles. The lowest BCUT2D eigenvalue weighted by molar-refractivity contribution is 0.0696. The topological polar surface area (TPSA) is 83.8 Å². The Labute approximate surface area is 157 Å². The molecule has 26 heavy (non-hydrogen) atoms. The Morgan fingerprint density at radius 2 is 1.96 bits per heavy atom. The van der Waals surface area contributed by atoms with Gasteiger partial charge in [-0.1, -0.05) is 19.4 Å². The predicted octanol–water partition coefficient (Wildman–Crippen LogP) is 4.42. The molecule has 0 heterocycles. The fraction of sp³-hybridized carbons (Fsp3) is 0.300. The summed E-state index contributed by atoms with van der Waals surface area (Å²) < 4.78 is 5.80. The maximum absolute atomic E-state index is 11.6. The average molecular weight is 374 g/mol. The second-order valence-electron chi connectivity index (χ2n) is 5.77. The van der Waals surface area contributed by atoms with Gasteiger partial charge in [-0.15, -0.1) is 11.8 Å². The van der Waals surface area contributed by atoms with Crippen LogP contribution in [0.3, 0.4) is 0 Å². The molecule has 0 bridgehead atoms. The molecule has 0 radical (unpaired) electrons. The van der Waals surface area contributed by atoms with E-state index in [0.29, 0.717) is 35.7 Å². The number of benzene rings is 2. The van der Waals surface area contributed by atoms with Crippen molar-refractivity contribution in [2.24, 2.45) is 0 Å². The first kappa shape index (κ1) is 19.8. The van der Waals surface area contributed by atoms with Crippen LogP contribution in [0.1, 0.15) is 46.5 Å². The number of carboxylic acids is 1. The highest BCUT2D eigenvalue weighted by molar-refractivity contribution is 7.99. The van der Waals surface area contributed by atoms with Crippen molar-refractivity contribution in [3.63, 3.8) is 0 Å². The van der Waals surface area contributed by atoms with Crippen molar-refractivity contribution in [3.05, 3.63) is 53.1 Å². The molecule has 0 aliphatic heterocycles. The maximum Gasteiger partial charge on any atom is 0.335 e. The van der Waals surface area contributed by atoms with Crippen LogP contribution in [0, 0.1) is 0 Å². The van der Waals surface area contributed by atoms with Crippen LogP contribution < -0.4 is 4.74 Å². The van der Waals surface area contributed by atoms with Crippen LogP contribution in [0.15, 0.2) is 41.3 Å². The number of aromatic carboxylic acids is 1. The molecule has 0 aliphatic rings.